The van der Waals surface area contributed by atoms with Gasteiger partial charge in [0.05, 0.1) is 18.0 Å². The molecule has 2 aromatic carbocycles. The number of amides is 3. The first-order valence-electron chi connectivity index (χ1n) is 14.8. The zero-order chi connectivity index (χ0) is 30.5. The molecule has 3 aromatic rings. The number of carbonyl (C=O) groups is 3. The van der Waals surface area contributed by atoms with Crippen LogP contribution >= 0.6 is 0 Å². The molecule has 2 aliphatic carbocycles. The van der Waals surface area contributed by atoms with Crippen molar-refractivity contribution in [2.45, 2.75) is 69.4 Å². The Bertz CT molecular complexity index is 1590. The minimum Gasteiger partial charge on any atom is -0.366 e. The Morgan fingerprint density at radius 2 is 1.67 bits per heavy atom. The number of likely N-dealkylation sites (tertiary alicyclic amines) is 1. The van der Waals surface area contributed by atoms with Crippen LogP contribution in [0.1, 0.15) is 93.6 Å². The monoisotopic (exact) mass is 580 g/mol. The van der Waals surface area contributed by atoms with Gasteiger partial charge in [0.25, 0.3) is 0 Å². The Morgan fingerprint density at radius 3 is 2.21 bits per heavy atom. The second-order valence-electron chi connectivity index (χ2n) is 12.3. The number of fused-ring (bicyclic) bond motifs is 3. The van der Waals surface area contributed by atoms with Gasteiger partial charge in [-0.3, -0.25) is 14.4 Å². The fourth-order valence-electron chi connectivity index (χ4n) is 7.02. The van der Waals surface area contributed by atoms with E-state index in [4.69, 9.17) is 11.5 Å². The number of hydrogen-bond acceptors (Lipinski definition) is 7. The molecule has 43 heavy (non-hydrogen) atoms. The van der Waals surface area contributed by atoms with E-state index in [1.54, 1.807) is 17.0 Å². The van der Waals surface area contributed by atoms with Crippen molar-refractivity contribution in [2.75, 3.05) is 13.1 Å². The van der Waals surface area contributed by atoms with E-state index < -0.39 is 17.2 Å². The predicted octanol–water partition coefficient (Wildman–Crippen LogP) is 2.05. The van der Waals surface area contributed by atoms with Crippen molar-refractivity contribution in [1.82, 2.24) is 25.4 Å². The van der Waals surface area contributed by atoms with Crippen LogP contribution in [0.15, 0.2) is 36.4 Å². The number of carbonyl (C=O) groups excluding carboxylic acids is 3. The van der Waals surface area contributed by atoms with E-state index in [1.807, 2.05) is 38.1 Å². The number of aryl methyl sites for hydroxylation is 2. The van der Waals surface area contributed by atoms with Crippen LogP contribution in [0.4, 0.5) is 0 Å². The van der Waals surface area contributed by atoms with E-state index in [9.17, 15) is 19.6 Å². The highest BCUT2D eigenvalue weighted by Crippen LogP contribution is 2.48. The van der Waals surface area contributed by atoms with Gasteiger partial charge in [0.2, 0.25) is 17.7 Å². The number of rotatable bonds is 9. The molecule has 1 aromatic heterocycles. The van der Waals surface area contributed by atoms with Crippen molar-refractivity contribution in [3.8, 4) is 6.07 Å². The molecule has 3 atom stereocenters. The Morgan fingerprint density at radius 1 is 1.05 bits per heavy atom. The minimum absolute atomic E-state index is 0.0637. The van der Waals surface area contributed by atoms with E-state index in [2.05, 4.69) is 26.6 Å². The molecule has 11 nitrogen and oxygen atoms in total. The molecule has 0 spiro atoms. The molecule has 0 bridgehead atoms. The standard InChI is InChI=1S/C32H36N8O3/c1-17(2)30-37-31(39-38-30)32(9-10-36-16-27(41)40-23(15-33)13-22-14-26(22)40)24-7-5-20(28(34)42)11-18(24)3-4-19-12-21(29(35)43)6-8-25(19)32/h5-8,11-12,17,22-23,26,36H,3-4,9-10,13-14,16H2,1-2H3,(H2,34,42)(H2,35,43)(H,37,38,39)/t22-,23+,26+/m1/s1. The van der Waals surface area contributed by atoms with Crippen LogP contribution in [0.5, 0.6) is 0 Å². The maximum atomic E-state index is 13.2. The summed E-state index contributed by atoms with van der Waals surface area (Å²) in [6.07, 6.45) is 3.44. The zero-order valence-electron chi connectivity index (χ0n) is 24.4. The molecule has 0 unspecified atom stereocenters. The summed E-state index contributed by atoms with van der Waals surface area (Å²) in [5, 5.41) is 22.0. The number of aromatic amines is 1. The van der Waals surface area contributed by atoms with Crippen LogP contribution in [-0.2, 0) is 23.1 Å². The second-order valence-corrected chi connectivity index (χ2v) is 12.3. The van der Waals surface area contributed by atoms with Gasteiger partial charge < -0.3 is 26.7 Å². The van der Waals surface area contributed by atoms with Crippen LogP contribution in [0.25, 0.3) is 0 Å². The van der Waals surface area contributed by atoms with Gasteiger partial charge in [-0.25, -0.2) is 0 Å². The lowest BCUT2D eigenvalue weighted by molar-refractivity contribution is -0.131. The number of nitriles is 1. The van der Waals surface area contributed by atoms with E-state index in [-0.39, 0.29) is 30.5 Å². The Balaban J connectivity index is 1.41. The minimum atomic E-state index is -0.853. The third-order valence-corrected chi connectivity index (χ3v) is 9.31. The van der Waals surface area contributed by atoms with Gasteiger partial charge in [0.15, 0.2) is 0 Å². The van der Waals surface area contributed by atoms with Crippen molar-refractivity contribution in [3.05, 3.63) is 81.4 Å². The fourth-order valence-corrected chi connectivity index (χ4v) is 7.02. The molecule has 1 saturated carbocycles. The highest BCUT2D eigenvalue weighted by Gasteiger charge is 2.54. The number of nitrogens with one attached hydrogen (secondary N) is 2. The van der Waals surface area contributed by atoms with E-state index in [1.165, 1.54) is 0 Å². The van der Waals surface area contributed by atoms with Crippen molar-refractivity contribution in [3.63, 3.8) is 0 Å². The van der Waals surface area contributed by atoms with Crippen LogP contribution in [-0.4, -0.2) is 63.0 Å². The number of piperidine rings is 1. The number of primary amides is 2. The number of H-pyrrole nitrogens is 1. The molecule has 2 fully saturated rings. The largest absolute Gasteiger partial charge is 0.366 e. The van der Waals surface area contributed by atoms with Gasteiger partial charge in [-0.15, -0.1) is 10.2 Å². The first-order chi connectivity index (χ1) is 20.6. The summed E-state index contributed by atoms with van der Waals surface area (Å²) in [5.41, 5.74) is 15.1. The lowest BCUT2D eigenvalue weighted by Gasteiger charge is -2.35. The molecule has 3 aliphatic rings. The lowest BCUT2D eigenvalue weighted by atomic mass is 9.69. The van der Waals surface area contributed by atoms with Gasteiger partial charge in [0, 0.05) is 23.1 Å². The Hall–Kier alpha value is -4.56. The molecule has 1 aliphatic heterocycles. The quantitative estimate of drug-likeness (QED) is 0.279. The van der Waals surface area contributed by atoms with Crippen LogP contribution in [0.3, 0.4) is 0 Å². The summed E-state index contributed by atoms with van der Waals surface area (Å²) >= 11 is 0. The summed E-state index contributed by atoms with van der Waals surface area (Å²) < 4.78 is 0. The highest BCUT2D eigenvalue weighted by molar-refractivity contribution is 5.94. The molecular formula is C32H36N8O3. The van der Waals surface area contributed by atoms with Crippen LogP contribution < -0.4 is 16.8 Å². The number of hydrogen-bond donors (Lipinski definition) is 4. The predicted molar refractivity (Wildman–Crippen MR) is 158 cm³/mol. The maximum absolute atomic E-state index is 13.2. The normalized spacial score (nSPS) is 21.3. The van der Waals surface area contributed by atoms with Gasteiger partial charge in [-0.2, -0.15) is 5.26 Å². The summed E-state index contributed by atoms with van der Waals surface area (Å²) in [4.78, 5) is 42.7. The zero-order valence-corrected chi connectivity index (χ0v) is 24.4. The van der Waals surface area contributed by atoms with Gasteiger partial charge in [-0.05, 0) is 91.1 Å². The van der Waals surface area contributed by atoms with Crippen LogP contribution in [0, 0.1) is 17.2 Å². The van der Waals surface area contributed by atoms with Crippen molar-refractivity contribution in [2.24, 2.45) is 17.4 Å². The Labute approximate surface area is 250 Å². The molecule has 1 saturated heterocycles. The van der Waals surface area contributed by atoms with Crippen molar-refractivity contribution >= 4 is 17.7 Å². The van der Waals surface area contributed by atoms with E-state index in [0.29, 0.717) is 48.7 Å². The van der Waals surface area contributed by atoms with Crippen LogP contribution in [0.2, 0.25) is 0 Å². The van der Waals surface area contributed by atoms with Gasteiger partial charge in [0.1, 0.15) is 17.7 Å². The average Bonchev–Trinajstić information content (AvgIpc) is 3.41. The molecule has 2 heterocycles. The smallest absolute Gasteiger partial charge is 0.248 e. The van der Waals surface area contributed by atoms with Crippen molar-refractivity contribution in [1.29, 1.82) is 5.26 Å². The summed E-state index contributed by atoms with van der Waals surface area (Å²) in [5.74, 6) is 0.847. The molecule has 222 valence electrons. The number of benzene rings is 2. The van der Waals surface area contributed by atoms with E-state index >= 15 is 0 Å². The molecule has 3 amide bonds. The summed E-state index contributed by atoms with van der Waals surface area (Å²) in [7, 11) is 0. The molecule has 0 radical (unpaired) electrons. The molecule has 6 rings (SSSR count). The fraction of sp³-hybridized carbons (Fsp3) is 0.438. The van der Waals surface area contributed by atoms with E-state index in [0.717, 1.165) is 40.9 Å². The Kier molecular flexibility index (Phi) is 7.26. The molecule has 11 heteroatoms. The summed E-state index contributed by atoms with van der Waals surface area (Å²) in [6, 6.07) is 13.1. The van der Waals surface area contributed by atoms with Gasteiger partial charge >= 0.3 is 0 Å². The number of nitrogens with two attached hydrogens (primary N) is 2. The second kappa shape index (κ2) is 10.9. The first-order valence-corrected chi connectivity index (χ1v) is 14.8. The number of nitrogens with zero attached hydrogens (tertiary/aromatic N) is 4. The number of aromatic nitrogens is 3. The average molecular weight is 581 g/mol. The maximum Gasteiger partial charge on any atom is 0.248 e. The highest BCUT2D eigenvalue weighted by atomic mass is 16.2. The third kappa shape index (κ3) is 4.95. The summed E-state index contributed by atoms with van der Waals surface area (Å²) in [6.45, 7) is 4.63. The lowest BCUT2D eigenvalue weighted by Crippen LogP contribution is -2.44. The SMILES string of the molecule is CC(C)c1nnc(C2(CCNCC(=O)N3[C@H](C#N)C[C@@H]4C[C@@H]43)c3ccc(C(N)=O)cc3CCc3cc(C(N)=O)ccc32)[nH]1. The van der Waals surface area contributed by atoms with Gasteiger partial charge in [-0.1, -0.05) is 26.0 Å². The van der Waals surface area contributed by atoms with Crippen molar-refractivity contribution < 1.29 is 14.4 Å². The first kappa shape index (κ1) is 28.6. The molecule has 6 N–H and O–H groups in total. The third-order valence-electron chi connectivity index (χ3n) is 9.31. The topological polar surface area (TPSA) is 184 Å². The molecular weight excluding hydrogens is 544 g/mol.